The van der Waals surface area contributed by atoms with Crippen LogP contribution in [0, 0.1) is 0 Å². The molecule has 0 atom stereocenters. The number of ether oxygens (including phenoxy) is 1. The molecule has 110 valence electrons. The van der Waals surface area contributed by atoms with Crippen LogP contribution in [0.25, 0.3) is 0 Å². The van der Waals surface area contributed by atoms with Crippen molar-refractivity contribution >= 4 is 17.7 Å². The average molecular weight is 290 g/mol. The van der Waals surface area contributed by atoms with Gasteiger partial charge in [-0.25, -0.2) is 4.79 Å². The summed E-state index contributed by atoms with van der Waals surface area (Å²) in [5.41, 5.74) is 0.231. The van der Waals surface area contributed by atoms with E-state index in [4.69, 9.17) is 4.42 Å². The molecule has 2 aromatic rings. The number of hydrogen-bond donors (Lipinski definition) is 2. The van der Waals surface area contributed by atoms with Crippen LogP contribution in [0.1, 0.15) is 26.8 Å². The maximum atomic E-state index is 11.3. The van der Waals surface area contributed by atoms with Gasteiger partial charge in [-0.1, -0.05) is 0 Å². The lowest BCUT2D eigenvalue weighted by atomic mass is 10.3. The van der Waals surface area contributed by atoms with Crippen LogP contribution < -0.4 is 10.6 Å². The van der Waals surface area contributed by atoms with Crippen molar-refractivity contribution < 1.29 is 18.7 Å². The molecule has 0 aliphatic rings. The van der Waals surface area contributed by atoms with Crippen molar-refractivity contribution in [1.82, 2.24) is 15.5 Å². The van der Waals surface area contributed by atoms with Crippen LogP contribution in [0.2, 0.25) is 0 Å². The number of carbonyl (C=O) groups excluding carboxylic acids is 2. The summed E-state index contributed by atoms with van der Waals surface area (Å²) in [6, 6.07) is 6.37. The van der Waals surface area contributed by atoms with E-state index in [1.165, 1.54) is 20.2 Å². The van der Waals surface area contributed by atoms with Gasteiger partial charge in [0.25, 0.3) is 5.91 Å². The fourth-order valence-corrected chi connectivity index (χ4v) is 1.54. The molecule has 0 radical (unpaired) electrons. The molecule has 2 rings (SSSR count). The molecule has 0 spiro atoms. The Kier molecular flexibility index (Phi) is 4.50. The Bertz CT molecular complexity index is 636. The maximum absolute atomic E-state index is 11.3. The number of aromatic nitrogens is 2. The van der Waals surface area contributed by atoms with Gasteiger partial charge >= 0.3 is 5.97 Å². The van der Waals surface area contributed by atoms with E-state index in [0.717, 1.165) is 0 Å². The topological polar surface area (TPSA) is 106 Å². The summed E-state index contributed by atoms with van der Waals surface area (Å²) in [6.07, 6.45) is 0. The number of hydrogen-bond acceptors (Lipinski definition) is 7. The Hall–Kier alpha value is -2.90. The summed E-state index contributed by atoms with van der Waals surface area (Å²) in [5.74, 6) is 0.334. The molecule has 2 aromatic heterocycles. The smallest absolute Gasteiger partial charge is 0.373 e. The zero-order chi connectivity index (χ0) is 15.2. The average Bonchev–Trinajstić information content (AvgIpc) is 3.01. The molecule has 8 nitrogen and oxygen atoms in total. The van der Waals surface area contributed by atoms with Crippen LogP contribution in [0.15, 0.2) is 28.7 Å². The van der Waals surface area contributed by atoms with Crippen LogP contribution in [0.3, 0.4) is 0 Å². The van der Waals surface area contributed by atoms with Crippen LogP contribution in [0.5, 0.6) is 0 Å². The minimum atomic E-state index is -0.532. The molecule has 0 aromatic carbocycles. The van der Waals surface area contributed by atoms with Gasteiger partial charge in [0.15, 0.2) is 5.69 Å². The Morgan fingerprint density at radius 2 is 2.05 bits per heavy atom. The first-order valence-corrected chi connectivity index (χ1v) is 6.10. The van der Waals surface area contributed by atoms with Crippen molar-refractivity contribution in [3.63, 3.8) is 0 Å². The Balaban J connectivity index is 1.95. The van der Waals surface area contributed by atoms with Gasteiger partial charge in [0.1, 0.15) is 11.6 Å². The zero-order valence-corrected chi connectivity index (χ0v) is 11.5. The van der Waals surface area contributed by atoms with E-state index in [9.17, 15) is 9.59 Å². The molecule has 1 amide bonds. The van der Waals surface area contributed by atoms with Crippen molar-refractivity contribution in [3.05, 3.63) is 41.5 Å². The van der Waals surface area contributed by atoms with Crippen LogP contribution in [0.4, 0.5) is 5.82 Å². The van der Waals surface area contributed by atoms with E-state index in [1.807, 2.05) is 0 Å². The Labute approximate surface area is 120 Å². The second-order valence-electron chi connectivity index (χ2n) is 3.99. The molecule has 2 N–H and O–H groups in total. The first-order chi connectivity index (χ1) is 10.1. The molecular formula is C13H14N4O4. The van der Waals surface area contributed by atoms with E-state index in [0.29, 0.717) is 18.1 Å². The Morgan fingerprint density at radius 3 is 2.67 bits per heavy atom. The van der Waals surface area contributed by atoms with Crippen molar-refractivity contribution in [3.8, 4) is 0 Å². The number of anilines is 1. The highest BCUT2D eigenvalue weighted by molar-refractivity contribution is 5.91. The quantitative estimate of drug-likeness (QED) is 0.785. The van der Waals surface area contributed by atoms with Crippen LogP contribution in [-0.2, 0) is 11.3 Å². The van der Waals surface area contributed by atoms with E-state index in [-0.39, 0.29) is 17.4 Å². The third kappa shape index (κ3) is 3.56. The summed E-state index contributed by atoms with van der Waals surface area (Å²) >= 11 is 0. The van der Waals surface area contributed by atoms with E-state index in [2.05, 4.69) is 25.6 Å². The lowest BCUT2D eigenvalue weighted by Crippen LogP contribution is -2.19. The number of carbonyl (C=O) groups is 2. The number of furan rings is 1. The Morgan fingerprint density at radius 1 is 1.24 bits per heavy atom. The van der Waals surface area contributed by atoms with E-state index >= 15 is 0 Å². The minimum absolute atomic E-state index is 0.135. The highest BCUT2D eigenvalue weighted by Gasteiger charge is 2.11. The number of amides is 1. The second kappa shape index (κ2) is 6.51. The molecule has 0 bridgehead atoms. The van der Waals surface area contributed by atoms with Gasteiger partial charge in [-0.05, 0) is 24.3 Å². The lowest BCUT2D eigenvalue weighted by Gasteiger charge is -2.03. The highest BCUT2D eigenvalue weighted by Crippen LogP contribution is 2.11. The molecule has 0 aliphatic carbocycles. The molecule has 0 saturated heterocycles. The fraction of sp³-hybridized carbons (Fsp3) is 0.231. The molecule has 2 heterocycles. The van der Waals surface area contributed by atoms with E-state index in [1.54, 1.807) is 18.2 Å². The maximum Gasteiger partial charge on any atom is 0.373 e. The molecular weight excluding hydrogens is 276 g/mol. The third-order valence-electron chi connectivity index (χ3n) is 2.62. The molecule has 8 heteroatoms. The summed E-state index contributed by atoms with van der Waals surface area (Å²) < 4.78 is 9.83. The van der Waals surface area contributed by atoms with Crippen molar-refractivity contribution in [2.75, 3.05) is 19.5 Å². The van der Waals surface area contributed by atoms with Gasteiger partial charge in [-0.3, -0.25) is 4.79 Å². The number of methoxy groups -OCH3 is 1. The van der Waals surface area contributed by atoms with Crippen molar-refractivity contribution in [2.45, 2.75) is 6.54 Å². The van der Waals surface area contributed by atoms with Gasteiger partial charge < -0.3 is 19.8 Å². The second-order valence-corrected chi connectivity index (χ2v) is 3.99. The predicted octanol–water partition coefficient (Wildman–Crippen LogP) is 0.828. The van der Waals surface area contributed by atoms with Crippen molar-refractivity contribution in [1.29, 1.82) is 0 Å². The van der Waals surface area contributed by atoms with Gasteiger partial charge in [0.05, 0.1) is 13.7 Å². The zero-order valence-electron chi connectivity index (χ0n) is 11.5. The number of esters is 1. The van der Waals surface area contributed by atoms with Gasteiger partial charge in [-0.2, -0.15) is 0 Å². The van der Waals surface area contributed by atoms with Gasteiger partial charge in [-0.15, -0.1) is 10.2 Å². The minimum Gasteiger partial charge on any atom is -0.463 e. The summed E-state index contributed by atoms with van der Waals surface area (Å²) in [4.78, 5) is 22.5. The number of nitrogens with one attached hydrogen (secondary N) is 2. The van der Waals surface area contributed by atoms with E-state index < -0.39 is 5.97 Å². The third-order valence-corrected chi connectivity index (χ3v) is 2.62. The standard InChI is InChI=1S/C13H14N4O4/c1-14-12(18)9-4-6-11(17-16-9)15-7-8-3-5-10(21-8)13(19)20-2/h3-6H,7H2,1-2H3,(H,14,18)(H,15,17). The normalized spacial score (nSPS) is 10.0. The molecule has 0 fully saturated rings. The highest BCUT2D eigenvalue weighted by atomic mass is 16.5. The summed E-state index contributed by atoms with van der Waals surface area (Å²) in [6.45, 7) is 0.324. The predicted molar refractivity (Wildman–Crippen MR) is 72.8 cm³/mol. The molecule has 0 aliphatic heterocycles. The monoisotopic (exact) mass is 290 g/mol. The first kappa shape index (κ1) is 14.5. The summed E-state index contributed by atoms with van der Waals surface area (Å²) in [5, 5.41) is 13.1. The first-order valence-electron chi connectivity index (χ1n) is 6.10. The number of rotatable bonds is 5. The van der Waals surface area contributed by atoms with Crippen LogP contribution >= 0.6 is 0 Å². The molecule has 0 unspecified atom stereocenters. The summed E-state index contributed by atoms with van der Waals surface area (Å²) in [7, 11) is 2.80. The molecule has 0 saturated carbocycles. The van der Waals surface area contributed by atoms with Gasteiger partial charge in [0, 0.05) is 7.05 Å². The largest absolute Gasteiger partial charge is 0.463 e. The van der Waals surface area contributed by atoms with Crippen molar-refractivity contribution in [2.24, 2.45) is 0 Å². The lowest BCUT2D eigenvalue weighted by molar-refractivity contribution is 0.0563. The molecule has 21 heavy (non-hydrogen) atoms. The SMILES string of the molecule is CNC(=O)c1ccc(NCc2ccc(C(=O)OC)o2)nn1. The number of nitrogens with zero attached hydrogens (tertiary/aromatic N) is 2. The van der Waals surface area contributed by atoms with Crippen LogP contribution in [-0.4, -0.2) is 36.2 Å². The van der Waals surface area contributed by atoms with Gasteiger partial charge in [0.2, 0.25) is 5.76 Å². The fourth-order valence-electron chi connectivity index (χ4n) is 1.54.